The topological polar surface area (TPSA) is 47.0 Å². The smallest absolute Gasteiger partial charge is 0.216 e. The van der Waals surface area contributed by atoms with E-state index >= 15 is 0 Å². The van der Waals surface area contributed by atoms with E-state index in [1.165, 1.54) is 12.4 Å². The lowest BCUT2D eigenvalue weighted by atomic mass is 10.0. The van der Waals surface area contributed by atoms with Crippen molar-refractivity contribution in [1.82, 2.24) is 15.3 Å². The second-order valence-electron chi connectivity index (χ2n) is 4.27. The number of hydrogen-bond donors (Lipinski definition) is 1. The summed E-state index contributed by atoms with van der Waals surface area (Å²) in [5.41, 5.74) is 1.40. The number of nitrogens with one attached hydrogen (secondary N) is 1. The summed E-state index contributed by atoms with van der Waals surface area (Å²) in [6.07, 6.45) is 1.94. The molecule has 0 amide bonds. The fourth-order valence-electron chi connectivity index (χ4n) is 1.92. The van der Waals surface area contributed by atoms with Crippen LogP contribution in [-0.4, -0.2) is 24.1 Å². The van der Waals surface area contributed by atoms with Gasteiger partial charge in [-0.2, -0.15) is 0 Å². The number of hydrogen-bond acceptors (Lipinski definition) is 4. The quantitative estimate of drug-likeness (QED) is 0.909. The number of methoxy groups -OCH3 is 1. The van der Waals surface area contributed by atoms with Crippen molar-refractivity contribution in [1.29, 1.82) is 0 Å². The molecule has 1 N–H and O–H groups in total. The highest BCUT2D eigenvalue weighted by molar-refractivity contribution is 9.10. The van der Waals surface area contributed by atoms with Crippen LogP contribution in [0.2, 0.25) is 0 Å². The van der Waals surface area contributed by atoms with Crippen LogP contribution in [0.25, 0.3) is 0 Å². The average Bonchev–Trinajstić information content (AvgIpc) is 2.46. The first-order valence-electron chi connectivity index (χ1n) is 6.11. The lowest BCUT2D eigenvalue weighted by molar-refractivity contribution is 0.394. The van der Waals surface area contributed by atoms with E-state index in [-0.39, 0.29) is 11.9 Å². The summed E-state index contributed by atoms with van der Waals surface area (Å²) < 4.78 is 19.7. The molecular weight excluding hydrogens is 325 g/mol. The van der Waals surface area contributed by atoms with Gasteiger partial charge in [-0.05, 0) is 31.2 Å². The molecule has 0 saturated heterocycles. The number of likely N-dealkylation sites (N-methyl/N-ethyl adjacent to an activating group) is 1. The van der Waals surface area contributed by atoms with E-state index < -0.39 is 0 Å². The predicted molar refractivity (Wildman–Crippen MR) is 78.2 cm³/mol. The Labute approximate surface area is 125 Å². The Bertz CT molecular complexity index is 594. The molecule has 2 aromatic rings. The summed E-state index contributed by atoms with van der Waals surface area (Å²) in [5, 5.41) is 3.14. The van der Waals surface area contributed by atoms with E-state index in [4.69, 9.17) is 4.74 Å². The van der Waals surface area contributed by atoms with Crippen molar-refractivity contribution < 1.29 is 9.13 Å². The van der Waals surface area contributed by atoms with Gasteiger partial charge in [0, 0.05) is 10.5 Å². The van der Waals surface area contributed by atoms with Crippen LogP contribution in [0.3, 0.4) is 0 Å². The van der Waals surface area contributed by atoms with Gasteiger partial charge in [0.05, 0.1) is 18.8 Å². The first kappa shape index (κ1) is 14.9. The standard InChI is InChI=1S/C14H15BrFN3O/c1-17-12(13-7-14(20-2)19-8-18-13)5-9-3-4-10(15)6-11(9)16/h3-4,6-8,12,17H,5H2,1-2H3. The van der Waals surface area contributed by atoms with Crippen molar-refractivity contribution in [2.75, 3.05) is 14.2 Å². The van der Waals surface area contributed by atoms with E-state index in [1.54, 1.807) is 19.2 Å². The zero-order valence-electron chi connectivity index (χ0n) is 11.2. The van der Waals surface area contributed by atoms with Crippen LogP contribution >= 0.6 is 15.9 Å². The Hall–Kier alpha value is -1.53. The van der Waals surface area contributed by atoms with Gasteiger partial charge >= 0.3 is 0 Å². The molecule has 1 unspecified atom stereocenters. The van der Waals surface area contributed by atoms with Gasteiger partial charge < -0.3 is 10.1 Å². The van der Waals surface area contributed by atoms with Crippen LogP contribution in [0.15, 0.2) is 35.1 Å². The highest BCUT2D eigenvalue weighted by atomic mass is 79.9. The van der Waals surface area contributed by atoms with Gasteiger partial charge in [0.2, 0.25) is 5.88 Å². The molecule has 0 radical (unpaired) electrons. The highest BCUT2D eigenvalue weighted by Crippen LogP contribution is 2.22. The van der Waals surface area contributed by atoms with Crippen LogP contribution in [0.5, 0.6) is 5.88 Å². The molecule has 0 aliphatic carbocycles. The highest BCUT2D eigenvalue weighted by Gasteiger charge is 2.15. The van der Waals surface area contributed by atoms with E-state index in [1.807, 2.05) is 13.1 Å². The molecule has 0 aliphatic rings. The number of halogens is 2. The number of nitrogens with zero attached hydrogens (tertiary/aromatic N) is 2. The molecular formula is C14H15BrFN3O. The van der Waals surface area contributed by atoms with Crippen LogP contribution in [0.4, 0.5) is 4.39 Å². The molecule has 1 atom stereocenters. The summed E-state index contributed by atoms with van der Waals surface area (Å²) >= 11 is 3.25. The molecule has 1 aromatic carbocycles. The lowest BCUT2D eigenvalue weighted by Crippen LogP contribution is -2.20. The summed E-state index contributed by atoms with van der Waals surface area (Å²) in [7, 11) is 3.37. The zero-order valence-corrected chi connectivity index (χ0v) is 12.8. The van der Waals surface area contributed by atoms with Crippen molar-refractivity contribution >= 4 is 15.9 Å². The summed E-state index contributed by atoms with van der Waals surface area (Å²) in [6, 6.07) is 6.69. The Balaban J connectivity index is 2.23. The molecule has 20 heavy (non-hydrogen) atoms. The summed E-state index contributed by atoms with van der Waals surface area (Å²) in [4.78, 5) is 8.19. The molecule has 0 bridgehead atoms. The maximum Gasteiger partial charge on any atom is 0.216 e. The van der Waals surface area contributed by atoms with Crippen molar-refractivity contribution in [3.63, 3.8) is 0 Å². The Morgan fingerprint density at radius 3 is 2.80 bits per heavy atom. The van der Waals surface area contributed by atoms with E-state index in [2.05, 4.69) is 31.2 Å². The molecule has 1 aromatic heterocycles. The van der Waals surface area contributed by atoms with Gasteiger partial charge in [-0.15, -0.1) is 0 Å². The van der Waals surface area contributed by atoms with Gasteiger partial charge in [0.15, 0.2) is 0 Å². The van der Waals surface area contributed by atoms with E-state index in [0.29, 0.717) is 17.9 Å². The predicted octanol–water partition coefficient (Wildman–Crippen LogP) is 2.89. The molecule has 1 heterocycles. The Kier molecular flexibility index (Phi) is 5.03. The number of aromatic nitrogens is 2. The minimum absolute atomic E-state index is 0.109. The first-order chi connectivity index (χ1) is 9.63. The van der Waals surface area contributed by atoms with Crippen LogP contribution < -0.4 is 10.1 Å². The number of rotatable bonds is 5. The monoisotopic (exact) mass is 339 g/mol. The van der Waals surface area contributed by atoms with Crippen molar-refractivity contribution in [2.24, 2.45) is 0 Å². The maximum absolute atomic E-state index is 13.9. The Morgan fingerprint density at radius 1 is 1.35 bits per heavy atom. The second kappa shape index (κ2) is 6.76. The van der Waals surface area contributed by atoms with Gasteiger partial charge in [-0.25, -0.2) is 14.4 Å². The largest absolute Gasteiger partial charge is 0.481 e. The fraction of sp³-hybridized carbons (Fsp3) is 0.286. The lowest BCUT2D eigenvalue weighted by Gasteiger charge is -2.16. The van der Waals surface area contributed by atoms with Crippen LogP contribution in [0, 0.1) is 5.82 Å². The number of ether oxygens (including phenoxy) is 1. The van der Waals surface area contributed by atoms with E-state index in [9.17, 15) is 4.39 Å². The molecule has 6 heteroatoms. The molecule has 0 spiro atoms. The van der Waals surface area contributed by atoms with Crippen molar-refractivity contribution in [2.45, 2.75) is 12.5 Å². The number of benzene rings is 1. The van der Waals surface area contributed by atoms with Gasteiger partial charge in [-0.1, -0.05) is 22.0 Å². The fourth-order valence-corrected chi connectivity index (χ4v) is 2.25. The molecule has 4 nitrogen and oxygen atoms in total. The normalized spacial score (nSPS) is 12.2. The zero-order chi connectivity index (χ0) is 14.5. The third kappa shape index (κ3) is 3.52. The minimum Gasteiger partial charge on any atom is -0.481 e. The van der Waals surface area contributed by atoms with Crippen LogP contribution in [0.1, 0.15) is 17.3 Å². The molecule has 2 rings (SSSR count). The molecule has 0 fully saturated rings. The molecule has 0 aliphatic heterocycles. The van der Waals surface area contributed by atoms with Gasteiger partial charge in [-0.3, -0.25) is 0 Å². The summed E-state index contributed by atoms with van der Waals surface area (Å²) in [5.74, 6) is 0.257. The van der Waals surface area contributed by atoms with Crippen molar-refractivity contribution in [3.8, 4) is 5.88 Å². The average molecular weight is 340 g/mol. The SMILES string of the molecule is CNC(Cc1ccc(Br)cc1F)c1cc(OC)ncn1. The second-order valence-corrected chi connectivity index (χ2v) is 5.18. The van der Waals surface area contributed by atoms with Crippen LogP contribution in [-0.2, 0) is 6.42 Å². The van der Waals surface area contributed by atoms with E-state index in [0.717, 1.165) is 10.2 Å². The molecule has 106 valence electrons. The Morgan fingerprint density at radius 2 is 2.15 bits per heavy atom. The van der Waals surface area contributed by atoms with Gasteiger partial charge in [0.1, 0.15) is 12.1 Å². The third-order valence-corrected chi connectivity index (χ3v) is 3.51. The summed E-state index contributed by atoms with van der Waals surface area (Å²) in [6.45, 7) is 0. The minimum atomic E-state index is -0.236. The maximum atomic E-state index is 13.9. The van der Waals surface area contributed by atoms with Gasteiger partial charge in [0.25, 0.3) is 0 Å². The first-order valence-corrected chi connectivity index (χ1v) is 6.90. The third-order valence-electron chi connectivity index (χ3n) is 3.02. The van der Waals surface area contributed by atoms with Crippen molar-refractivity contribution in [3.05, 3.63) is 52.1 Å². The molecule has 0 saturated carbocycles.